The molecule has 0 aromatic heterocycles. The number of thiocarbonyl (C=S) groups is 1. The van der Waals surface area contributed by atoms with E-state index in [4.69, 9.17) is 31.2 Å². The standard InChI is InChI=1S/C33H34N2O12S/c36-16-22(37)24(38)27(39)33(43)18-34-32(48)35(33)28-26(47-31(42)21-14-8-3-9-15-21)25(46-30(41)20-12-6-2-7-13-20)23(45-28)17-44-29(40)19-10-4-1-5-11-19/h1-15,22-28,36-39,43H,16-18H2,(H,34,48)/t22-,23-,24-,25-,26-,27+,28-,33-/m1/s1. The molecular weight excluding hydrogens is 648 g/mol. The molecule has 0 bridgehead atoms. The highest BCUT2D eigenvalue weighted by Gasteiger charge is 2.61. The van der Waals surface area contributed by atoms with Crippen LogP contribution in [-0.4, -0.2) is 122 Å². The molecule has 2 aliphatic heterocycles. The van der Waals surface area contributed by atoms with Gasteiger partial charge < -0.3 is 49.8 Å². The van der Waals surface area contributed by atoms with Crippen molar-refractivity contribution >= 4 is 35.2 Å². The molecule has 0 radical (unpaired) electrons. The van der Waals surface area contributed by atoms with Crippen LogP contribution in [0.25, 0.3) is 0 Å². The smallest absolute Gasteiger partial charge is 0.338 e. The van der Waals surface area contributed by atoms with Crippen LogP contribution in [0.2, 0.25) is 0 Å². The molecule has 0 amide bonds. The van der Waals surface area contributed by atoms with Crippen LogP contribution < -0.4 is 5.32 Å². The Bertz CT molecular complexity index is 1580. The van der Waals surface area contributed by atoms with Crippen LogP contribution in [-0.2, 0) is 18.9 Å². The maximum atomic E-state index is 13.5. The molecule has 254 valence electrons. The van der Waals surface area contributed by atoms with Crippen LogP contribution in [0.15, 0.2) is 91.0 Å². The minimum Gasteiger partial charge on any atom is -0.459 e. The zero-order valence-corrected chi connectivity index (χ0v) is 26.1. The molecule has 3 aromatic rings. The molecule has 3 aromatic carbocycles. The quantitative estimate of drug-likeness (QED) is 0.0844. The zero-order valence-electron chi connectivity index (χ0n) is 25.3. The summed E-state index contributed by atoms with van der Waals surface area (Å²) >= 11 is 5.43. The molecule has 0 unspecified atom stereocenters. The lowest BCUT2D eigenvalue weighted by Gasteiger charge is -2.43. The number of benzene rings is 3. The number of esters is 3. The summed E-state index contributed by atoms with van der Waals surface area (Å²) in [6.45, 7) is -1.99. The Hall–Kier alpha value is -4.48. The van der Waals surface area contributed by atoms with E-state index in [-0.39, 0.29) is 21.8 Å². The second kappa shape index (κ2) is 15.2. The van der Waals surface area contributed by atoms with E-state index >= 15 is 0 Å². The van der Waals surface area contributed by atoms with Gasteiger partial charge in [-0.2, -0.15) is 0 Å². The van der Waals surface area contributed by atoms with Crippen LogP contribution in [0, 0.1) is 0 Å². The SMILES string of the molecule is O=C(OC[C@H]1O[C@@H](N2C(=S)NC[C@@]2(O)[C@@H](O)[C@H](O)[C@H](O)CO)[C@H](OC(=O)c2ccccc2)[C@@H]1OC(=O)c1ccccc1)c1ccccc1. The lowest BCUT2D eigenvalue weighted by atomic mass is 9.96. The van der Waals surface area contributed by atoms with E-state index in [9.17, 15) is 39.9 Å². The number of ether oxygens (including phenoxy) is 4. The second-order valence-corrected chi connectivity index (χ2v) is 11.5. The maximum absolute atomic E-state index is 13.5. The van der Waals surface area contributed by atoms with Crippen molar-refractivity contribution in [3.63, 3.8) is 0 Å². The van der Waals surface area contributed by atoms with Gasteiger partial charge in [0.25, 0.3) is 0 Å². The Kier molecular flexibility index (Phi) is 11.0. The fourth-order valence-corrected chi connectivity index (χ4v) is 5.73. The van der Waals surface area contributed by atoms with Gasteiger partial charge in [0.2, 0.25) is 0 Å². The van der Waals surface area contributed by atoms with Gasteiger partial charge in [-0.25, -0.2) is 14.4 Å². The predicted octanol–water partition coefficient (Wildman–Crippen LogP) is -0.0268. The maximum Gasteiger partial charge on any atom is 0.338 e. The fourth-order valence-electron chi connectivity index (χ4n) is 5.39. The fraction of sp³-hybridized carbons (Fsp3) is 0.333. The molecule has 14 nitrogen and oxygen atoms in total. The summed E-state index contributed by atoms with van der Waals surface area (Å²) in [4.78, 5) is 40.6. The number of rotatable bonds is 12. The van der Waals surface area contributed by atoms with Crippen LogP contribution in [0.3, 0.4) is 0 Å². The van der Waals surface area contributed by atoms with Gasteiger partial charge in [-0.1, -0.05) is 54.6 Å². The van der Waals surface area contributed by atoms with Gasteiger partial charge >= 0.3 is 17.9 Å². The van der Waals surface area contributed by atoms with E-state index in [1.165, 1.54) is 36.4 Å². The van der Waals surface area contributed by atoms with Crippen LogP contribution in [0.4, 0.5) is 0 Å². The monoisotopic (exact) mass is 682 g/mol. The highest BCUT2D eigenvalue weighted by molar-refractivity contribution is 7.80. The molecule has 2 saturated heterocycles. The van der Waals surface area contributed by atoms with E-state index < -0.39 is 86.2 Å². The zero-order chi connectivity index (χ0) is 34.4. The average Bonchev–Trinajstić information content (AvgIpc) is 3.61. The molecule has 0 aliphatic carbocycles. The third-order valence-electron chi connectivity index (χ3n) is 7.95. The van der Waals surface area contributed by atoms with Gasteiger partial charge in [0.1, 0.15) is 31.0 Å². The van der Waals surface area contributed by atoms with Crippen LogP contribution >= 0.6 is 12.2 Å². The lowest BCUT2D eigenvalue weighted by molar-refractivity contribution is -0.229. The summed E-state index contributed by atoms with van der Waals surface area (Å²) in [5.74, 6) is -2.46. The Labute approximate surface area is 280 Å². The summed E-state index contributed by atoms with van der Waals surface area (Å²) in [6, 6.07) is 23.8. The van der Waals surface area contributed by atoms with Gasteiger partial charge in [-0.15, -0.1) is 0 Å². The van der Waals surface area contributed by atoms with Gasteiger partial charge in [-0.05, 0) is 48.6 Å². The normalized spacial score (nSPS) is 25.4. The van der Waals surface area contributed by atoms with Crippen LogP contribution in [0.5, 0.6) is 0 Å². The molecular formula is C33H34N2O12S. The number of hydrogen-bond acceptors (Lipinski definition) is 13. The molecule has 0 spiro atoms. The number of aliphatic hydroxyl groups excluding tert-OH is 4. The number of carbonyl (C=O) groups is 3. The number of nitrogens with one attached hydrogen (secondary N) is 1. The van der Waals surface area contributed by atoms with E-state index in [1.807, 2.05) is 0 Å². The summed E-state index contributed by atoms with van der Waals surface area (Å²) in [5.41, 5.74) is -2.06. The third-order valence-corrected chi connectivity index (χ3v) is 8.29. The number of β-amino-alcohol motifs (C(OH)–C–C–N with tert-alkyl or cyclic N) is 1. The molecule has 2 aliphatic rings. The number of hydrogen-bond donors (Lipinski definition) is 6. The van der Waals surface area contributed by atoms with Gasteiger partial charge in [0.15, 0.2) is 29.3 Å². The van der Waals surface area contributed by atoms with Crippen molar-refractivity contribution in [2.45, 2.75) is 48.6 Å². The van der Waals surface area contributed by atoms with Crippen molar-refractivity contribution in [3.8, 4) is 0 Å². The first-order valence-electron chi connectivity index (χ1n) is 14.9. The van der Waals surface area contributed by atoms with Crippen molar-refractivity contribution in [1.29, 1.82) is 0 Å². The topological polar surface area (TPSA) is 205 Å². The van der Waals surface area contributed by atoms with Crippen molar-refractivity contribution < 1.29 is 58.9 Å². The molecule has 2 heterocycles. The first-order chi connectivity index (χ1) is 23.0. The largest absolute Gasteiger partial charge is 0.459 e. The van der Waals surface area contributed by atoms with Gasteiger partial charge in [-0.3, -0.25) is 4.90 Å². The summed E-state index contributed by atoms with van der Waals surface area (Å²) < 4.78 is 23.5. The first kappa shape index (κ1) is 34.8. The Morgan fingerprint density at radius 3 is 1.81 bits per heavy atom. The van der Waals surface area contributed by atoms with Gasteiger partial charge in [0.05, 0.1) is 29.8 Å². The van der Waals surface area contributed by atoms with Crippen molar-refractivity contribution in [2.24, 2.45) is 0 Å². The Morgan fingerprint density at radius 2 is 1.31 bits per heavy atom. The van der Waals surface area contributed by atoms with E-state index in [0.717, 1.165) is 4.90 Å². The first-order valence-corrected chi connectivity index (χ1v) is 15.3. The summed E-state index contributed by atoms with van der Waals surface area (Å²) in [7, 11) is 0. The average molecular weight is 683 g/mol. The highest BCUT2D eigenvalue weighted by atomic mass is 32.1. The molecule has 0 saturated carbocycles. The molecule has 15 heteroatoms. The number of aliphatic hydroxyl groups is 5. The third kappa shape index (κ3) is 7.32. The molecule has 8 atom stereocenters. The molecule has 48 heavy (non-hydrogen) atoms. The van der Waals surface area contributed by atoms with Crippen molar-refractivity contribution in [3.05, 3.63) is 108 Å². The summed E-state index contributed by atoms with van der Waals surface area (Å²) in [6.07, 6.45) is -12.2. The van der Waals surface area contributed by atoms with E-state index in [1.54, 1.807) is 54.6 Å². The number of nitrogens with zero attached hydrogens (tertiary/aromatic N) is 1. The second-order valence-electron chi connectivity index (χ2n) is 11.1. The van der Waals surface area contributed by atoms with E-state index in [2.05, 4.69) is 5.32 Å². The Morgan fingerprint density at radius 1 is 0.833 bits per heavy atom. The minimum atomic E-state index is -2.53. The highest BCUT2D eigenvalue weighted by Crippen LogP contribution is 2.37. The Balaban J connectivity index is 1.54. The van der Waals surface area contributed by atoms with Crippen molar-refractivity contribution in [2.75, 3.05) is 19.8 Å². The predicted molar refractivity (Wildman–Crippen MR) is 169 cm³/mol. The minimum absolute atomic E-state index is 0.113. The lowest BCUT2D eigenvalue weighted by Crippen LogP contribution is -2.66. The molecule has 5 rings (SSSR count). The van der Waals surface area contributed by atoms with Crippen LogP contribution in [0.1, 0.15) is 31.1 Å². The molecule has 6 N–H and O–H groups in total. The summed E-state index contributed by atoms with van der Waals surface area (Å²) in [5, 5.41) is 55.3. The molecule has 2 fully saturated rings. The van der Waals surface area contributed by atoms with E-state index in [0.29, 0.717) is 0 Å². The number of carbonyl (C=O) groups excluding carboxylic acids is 3. The van der Waals surface area contributed by atoms with Crippen molar-refractivity contribution in [1.82, 2.24) is 10.2 Å². The van der Waals surface area contributed by atoms with Gasteiger partial charge in [0, 0.05) is 0 Å².